The van der Waals surface area contributed by atoms with Gasteiger partial charge in [-0.05, 0) is 38.5 Å². The Kier molecular flexibility index (Phi) is 2.64. The molecule has 4 fully saturated rings. The number of ether oxygens (including phenoxy) is 1. The summed E-state index contributed by atoms with van der Waals surface area (Å²) >= 11 is 0. The van der Waals surface area contributed by atoms with Gasteiger partial charge in [-0.3, -0.25) is 4.79 Å². The lowest BCUT2D eigenvalue weighted by Crippen LogP contribution is -2.57. The summed E-state index contributed by atoms with van der Waals surface area (Å²) in [6.07, 6.45) is 5.27. The maximum Gasteiger partial charge on any atom is 0.312 e. The second-order valence-electron chi connectivity index (χ2n) is 6.08. The van der Waals surface area contributed by atoms with E-state index in [0.717, 1.165) is 38.5 Å². The van der Waals surface area contributed by atoms with E-state index in [0.29, 0.717) is 13.2 Å². The van der Waals surface area contributed by atoms with Gasteiger partial charge in [-0.1, -0.05) is 0 Å². The van der Waals surface area contributed by atoms with Crippen LogP contribution in [0.4, 0.5) is 0 Å². The molecule has 0 radical (unpaired) electrons. The van der Waals surface area contributed by atoms with E-state index < -0.39 is 5.60 Å². The number of rotatable bonds is 2. The van der Waals surface area contributed by atoms with Crippen molar-refractivity contribution in [3.05, 3.63) is 0 Å². The van der Waals surface area contributed by atoms with Crippen molar-refractivity contribution in [3.8, 4) is 0 Å². The summed E-state index contributed by atoms with van der Waals surface area (Å²) in [5, 5.41) is 0. The summed E-state index contributed by atoms with van der Waals surface area (Å²) in [5.74, 6) is -0.359. The van der Waals surface area contributed by atoms with Crippen molar-refractivity contribution in [1.82, 2.24) is 0 Å². The summed E-state index contributed by atoms with van der Waals surface area (Å²) in [7, 11) is 0. The van der Waals surface area contributed by atoms with Crippen molar-refractivity contribution in [2.45, 2.75) is 55.8 Å². The third-order valence-electron chi connectivity index (χ3n) is 4.98. The normalized spacial score (nSPS) is 48.2. The standard InChI is InChI=1S/C13H18O6/c14-11(9-3-1-5-12(9)7-15-18-12)17-10-4-2-6-13(10)8-16-19-13/h9-10H,1-8H2. The highest BCUT2D eigenvalue weighted by molar-refractivity contribution is 5.75. The fourth-order valence-corrected chi connectivity index (χ4v) is 3.73. The minimum Gasteiger partial charge on any atom is -0.459 e. The van der Waals surface area contributed by atoms with E-state index in [4.69, 9.17) is 24.3 Å². The molecule has 2 aliphatic carbocycles. The van der Waals surface area contributed by atoms with E-state index in [9.17, 15) is 4.79 Å². The summed E-state index contributed by atoms with van der Waals surface area (Å²) in [5.41, 5.74) is -0.793. The zero-order valence-corrected chi connectivity index (χ0v) is 10.8. The molecule has 4 unspecified atom stereocenters. The van der Waals surface area contributed by atoms with Crippen LogP contribution in [0.5, 0.6) is 0 Å². The Balaban J connectivity index is 1.44. The number of hydrogen-bond acceptors (Lipinski definition) is 6. The molecular weight excluding hydrogens is 252 g/mol. The van der Waals surface area contributed by atoms with Crippen molar-refractivity contribution in [3.63, 3.8) is 0 Å². The van der Waals surface area contributed by atoms with Crippen molar-refractivity contribution in [2.75, 3.05) is 13.2 Å². The lowest BCUT2D eigenvalue weighted by Gasteiger charge is -2.42. The maximum absolute atomic E-state index is 12.4. The first-order valence-corrected chi connectivity index (χ1v) is 7.06. The largest absolute Gasteiger partial charge is 0.459 e. The van der Waals surface area contributed by atoms with E-state index in [2.05, 4.69) is 0 Å². The molecule has 4 atom stereocenters. The molecule has 0 aromatic carbocycles. The summed E-state index contributed by atoms with van der Waals surface area (Å²) in [6.45, 7) is 1.03. The van der Waals surface area contributed by atoms with Gasteiger partial charge >= 0.3 is 5.97 Å². The number of esters is 1. The van der Waals surface area contributed by atoms with Crippen LogP contribution in [0.1, 0.15) is 38.5 Å². The molecule has 106 valence electrons. The van der Waals surface area contributed by atoms with Crippen LogP contribution in [0.25, 0.3) is 0 Å². The first kappa shape index (κ1) is 12.1. The summed E-state index contributed by atoms with van der Waals surface area (Å²) in [4.78, 5) is 32.5. The van der Waals surface area contributed by atoms with Crippen molar-refractivity contribution in [2.24, 2.45) is 5.92 Å². The van der Waals surface area contributed by atoms with Gasteiger partial charge < -0.3 is 4.74 Å². The van der Waals surface area contributed by atoms with Crippen LogP contribution >= 0.6 is 0 Å². The van der Waals surface area contributed by atoms with Crippen molar-refractivity contribution < 1.29 is 29.1 Å². The molecule has 0 bridgehead atoms. The lowest BCUT2D eigenvalue weighted by molar-refractivity contribution is -0.484. The van der Waals surface area contributed by atoms with Gasteiger partial charge in [-0.2, -0.15) is 0 Å². The van der Waals surface area contributed by atoms with E-state index in [1.165, 1.54) is 0 Å². The highest BCUT2D eigenvalue weighted by atomic mass is 17.3. The smallest absolute Gasteiger partial charge is 0.312 e. The van der Waals surface area contributed by atoms with Gasteiger partial charge in [0.2, 0.25) is 0 Å². The van der Waals surface area contributed by atoms with Gasteiger partial charge in [-0.25, -0.2) is 19.6 Å². The predicted octanol–water partition coefficient (Wildman–Crippen LogP) is 1.28. The van der Waals surface area contributed by atoms with E-state index in [1.54, 1.807) is 0 Å². The molecule has 0 N–H and O–H groups in total. The van der Waals surface area contributed by atoms with Gasteiger partial charge in [0.1, 0.15) is 24.9 Å². The Hall–Kier alpha value is -0.690. The van der Waals surface area contributed by atoms with E-state index in [-0.39, 0.29) is 23.6 Å². The van der Waals surface area contributed by atoms with Gasteiger partial charge in [0.15, 0.2) is 5.60 Å². The van der Waals surface area contributed by atoms with Crippen LogP contribution in [0.15, 0.2) is 0 Å². The van der Waals surface area contributed by atoms with Crippen LogP contribution in [-0.4, -0.2) is 36.5 Å². The summed E-state index contributed by atoms with van der Waals surface area (Å²) < 4.78 is 5.70. The van der Waals surface area contributed by atoms with Crippen LogP contribution in [0.2, 0.25) is 0 Å². The lowest BCUT2D eigenvalue weighted by atomic mass is 9.90. The van der Waals surface area contributed by atoms with Crippen LogP contribution in [0, 0.1) is 5.92 Å². The van der Waals surface area contributed by atoms with Gasteiger partial charge in [-0.15, -0.1) is 0 Å². The van der Waals surface area contributed by atoms with E-state index >= 15 is 0 Å². The Morgan fingerprint density at radius 2 is 1.63 bits per heavy atom. The number of hydrogen-bond donors (Lipinski definition) is 0. The molecule has 2 aliphatic heterocycles. The monoisotopic (exact) mass is 270 g/mol. The van der Waals surface area contributed by atoms with Crippen LogP contribution in [0.3, 0.4) is 0 Å². The Morgan fingerprint density at radius 3 is 2.26 bits per heavy atom. The molecule has 2 saturated heterocycles. The van der Waals surface area contributed by atoms with Crippen LogP contribution < -0.4 is 0 Å². The first-order chi connectivity index (χ1) is 9.24. The maximum atomic E-state index is 12.4. The fraction of sp³-hybridized carbons (Fsp3) is 0.923. The second kappa shape index (κ2) is 4.15. The highest BCUT2D eigenvalue weighted by Gasteiger charge is 2.58. The average Bonchev–Trinajstić information content (AvgIpc) is 2.89. The molecule has 4 rings (SSSR count). The SMILES string of the molecule is O=C(OC1CCCC12COO2)C1CCCC12COO2. The molecule has 19 heavy (non-hydrogen) atoms. The van der Waals surface area contributed by atoms with Gasteiger partial charge in [0.05, 0.1) is 5.92 Å². The minimum atomic E-state index is -0.417. The fourth-order valence-electron chi connectivity index (χ4n) is 3.73. The molecule has 2 heterocycles. The van der Waals surface area contributed by atoms with Crippen molar-refractivity contribution in [1.29, 1.82) is 0 Å². The average molecular weight is 270 g/mol. The second-order valence-corrected chi connectivity index (χ2v) is 6.08. The highest BCUT2D eigenvalue weighted by Crippen LogP contribution is 2.46. The molecule has 0 aromatic rings. The number of carbonyl (C=O) groups excluding carboxylic acids is 1. The molecule has 6 heteroatoms. The Labute approximate surface area is 111 Å². The first-order valence-electron chi connectivity index (χ1n) is 7.06. The minimum absolute atomic E-state index is 0.164. The molecule has 2 spiro atoms. The van der Waals surface area contributed by atoms with Gasteiger partial charge in [0, 0.05) is 0 Å². The zero-order valence-electron chi connectivity index (χ0n) is 10.8. The number of carbonyl (C=O) groups is 1. The molecule has 2 saturated carbocycles. The van der Waals surface area contributed by atoms with Gasteiger partial charge in [0.25, 0.3) is 0 Å². The Morgan fingerprint density at radius 1 is 1.00 bits per heavy atom. The Bertz CT molecular complexity index is 387. The predicted molar refractivity (Wildman–Crippen MR) is 60.6 cm³/mol. The molecule has 4 aliphatic rings. The molecule has 0 amide bonds. The third-order valence-corrected chi connectivity index (χ3v) is 4.98. The third kappa shape index (κ3) is 1.67. The summed E-state index contributed by atoms with van der Waals surface area (Å²) in [6, 6.07) is 0. The topological polar surface area (TPSA) is 63.2 Å². The zero-order chi connectivity index (χ0) is 12.9. The van der Waals surface area contributed by atoms with E-state index in [1.807, 2.05) is 0 Å². The molecular formula is C13H18O6. The van der Waals surface area contributed by atoms with Crippen molar-refractivity contribution >= 4 is 5.97 Å². The van der Waals surface area contributed by atoms with Crippen LogP contribution in [-0.2, 0) is 29.1 Å². The molecule has 6 nitrogen and oxygen atoms in total. The quantitative estimate of drug-likeness (QED) is 0.556. The molecule has 0 aromatic heterocycles.